The smallest absolute Gasteiger partial charge is 0.0594 e. The Hall–Kier alpha value is -0.120. The van der Waals surface area contributed by atoms with Gasteiger partial charge in [-0.15, -0.1) is 0 Å². The fraction of sp³-hybridized carbons (Fsp3) is 1.00. The van der Waals surface area contributed by atoms with E-state index in [9.17, 15) is 0 Å². The van der Waals surface area contributed by atoms with Crippen LogP contribution in [0.3, 0.4) is 0 Å². The highest BCUT2D eigenvalue weighted by atomic mass is 16.5. The quantitative estimate of drug-likeness (QED) is 0.813. The van der Waals surface area contributed by atoms with Crippen LogP contribution in [0, 0.1) is 11.8 Å². The van der Waals surface area contributed by atoms with Crippen LogP contribution in [0.5, 0.6) is 0 Å². The molecular weight excluding hydrogens is 224 g/mol. The summed E-state index contributed by atoms with van der Waals surface area (Å²) in [5.74, 6) is 1.72. The molecule has 0 spiro atoms. The van der Waals surface area contributed by atoms with Crippen molar-refractivity contribution in [3.8, 4) is 0 Å². The summed E-state index contributed by atoms with van der Waals surface area (Å²) >= 11 is 0. The third-order valence-corrected chi connectivity index (χ3v) is 4.61. The van der Waals surface area contributed by atoms with E-state index in [0.717, 1.165) is 50.7 Å². The maximum Gasteiger partial charge on any atom is 0.0594 e. The Morgan fingerprint density at radius 2 is 1.89 bits per heavy atom. The van der Waals surface area contributed by atoms with Gasteiger partial charge in [-0.1, -0.05) is 26.7 Å². The molecule has 1 saturated heterocycles. The van der Waals surface area contributed by atoms with Crippen molar-refractivity contribution in [2.45, 2.75) is 45.6 Å². The highest BCUT2D eigenvalue weighted by Gasteiger charge is 2.26. The van der Waals surface area contributed by atoms with Gasteiger partial charge in [-0.3, -0.25) is 4.90 Å². The Balaban J connectivity index is 1.67. The molecule has 1 aliphatic carbocycles. The van der Waals surface area contributed by atoms with Gasteiger partial charge in [0.25, 0.3) is 0 Å². The van der Waals surface area contributed by atoms with Crippen LogP contribution in [-0.2, 0) is 4.74 Å². The minimum atomic E-state index is 0.764. The van der Waals surface area contributed by atoms with Crippen molar-refractivity contribution in [2.75, 3.05) is 39.4 Å². The Bertz CT molecular complexity index is 227. The summed E-state index contributed by atoms with van der Waals surface area (Å²) in [6.07, 6.45) is 5.65. The second-order valence-electron chi connectivity index (χ2n) is 6.21. The fourth-order valence-electron chi connectivity index (χ4n) is 3.44. The number of morpholine rings is 1. The van der Waals surface area contributed by atoms with Crippen LogP contribution in [0.2, 0.25) is 0 Å². The molecule has 0 aromatic carbocycles. The van der Waals surface area contributed by atoms with E-state index in [1.54, 1.807) is 0 Å². The van der Waals surface area contributed by atoms with Crippen LogP contribution in [0.1, 0.15) is 39.5 Å². The molecule has 3 nitrogen and oxygen atoms in total. The van der Waals surface area contributed by atoms with E-state index in [2.05, 4.69) is 24.1 Å². The lowest BCUT2D eigenvalue weighted by atomic mass is 9.78. The number of hydrogen-bond acceptors (Lipinski definition) is 3. The fourth-order valence-corrected chi connectivity index (χ4v) is 3.44. The molecule has 0 unspecified atom stereocenters. The van der Waals surface area contributed by atoms with E-state index in [1.165, 1.54) is 32.2 Å². The third kappa shape index (κ3) is 4.22. The van der Waals surface area contributed by atoms with Gasteiger partial charge in [0, 0.05) is 32.2 Å². The van der Waals surface area contributed by atoms with Gasteiger partial charge in [0.15, 0.2) is 0 Å². The van der Waals surface area contributed by atoms with Crippen LogP contribution >= 0.6 is 0 Å². The molecule has 1 aliphatic heterocycles. The first kappa shape index (κ1) is 14.3. The van der Waals surface area contributed by atoms with Crippen LogP contribution in [0.4, 0.5) is 0 Å². The molecule has 0 aromatic rings. The number of nitrogens with zero attached hydrogens (tertiary/aromatic N) is 1. The molecule has 2 rings (SSSR count). The Kier molecular flexibility index (Phi) is 5.93. The summed E-state index contributed by atoms with van der Waals surface area (Å²) < 4.78 is 5.38. The molecule has 1 N–H and O–H groups in total. The van der Waals surface area contributed by atoms with E-state index >= 15 is 0 Å². The van der Waals surface area contributed by atoms with Crippen molar-refractivity contribution in [1.29, 1.82) is 0 Å². The van der Waals surface area contributed by atoms with Gasteiger partial charge in [-0.25, -0.2) is 0 Å². The van der Waals surface area contributed by atoms with Crippen LogP contribution in [0.25, 0.3) is 0 Å². The van der Waals surface area contributed by atoms with Gasteiger partial charge >= 0.3 is 0 Å². The maximum absolute atomic E-state index is 5.38. The van der Waals surface area contributed by atoms with Crippen LogP contribution in [0.15, 0.2) is 0 Å². The van der Waals surface area contributed by atoms with Gasteiger partial charge in [-0.2, -0.15) is 0 Å². The van der Waals surface area contributed by atoms with Gasteiger partial charge in [0.2, 0.25) is 0 Å². The molecule has 3 heteroatoms. The lowest BCUT2D eigenvalue weighted by Crippen LogP contribution is -2.46. The van der Waals surface area contributed by atoms with Gasteiger partial charge in [0.1, 0.15) is 0 Å². The SMILES string of the molecule is CC(C)[C@@H]1CCCC[C@H]1NCCN1CCOCC1. The molecular formula is C15H30N2O. The van der Waals surface area contributed by atoms with Crippen molar-refractivity contribution in [1.82, 2.24) is 10.2 Å². The van der Waals surface area contributed by atoms with Crippen molar-refractivity contribution in [2.24, 2.45) is 11.8 Å². The van der Waals surface area contributed by atoms with Crippen LogP contribution < -0.4 is 5.32 Å². The molecule has 0 amide bonds. The Labute approximate surface area is 112 Å². The normalized spacial score (nSPS) is 30.8. The van der Waals surface area contributed by atoms with Crippen molar-refractivity contribution in [3.05, 3.63) is 0 Å². The minimum absolute atomic E-state index is 0.764. The zero-order chi connectivity index (χ0) is 12.8. The highest BCUT2D eigenvalue weighted by Crippen LogP contribution is 2.29. The number of rotatable bonds is 5. The topological polar surface area (TPSA) is 24.5 Å². The van der Waals surface area contributed by atoms with Gasteiger partial charge in [-0.05, 0) is 24.7 Å². The standard InChI is InChI=1S/C15H30N2O/c1-13(2)14-5-3-4-6-15(14)16-7-8-17-9-11-18-12-10-17/h13-16H,3-12H2,1-2H3/t14-,15+/m0/s1. The molecule has 0 aromatic heterocycles. The van der Waals surface area contributed by atoms with Crippen molar-refractivity contribution in [3.63, 3.8) is 0 Å². The average Bonchev–Trinajstić information content (AvgIpc) is 2.40. The number of ether oxygens (including phenoxy) is 1. The zero-order valence-corrected chi connectivity index (χ0v) is 12.2. The lowest BCUT2D eigenvalue weighted by Gasteiger charge is -2.36. The molecule has 1 saturated carbocycles. The molecule has 106 valence electrons. The summed E-state index contributed by atoms with van der Waals surface area (Å²) in [6, 6.07) is 0.764. The monoisotopic (exact) mass is 254 g/mol. The second-order valence-corrected chi connectivity index (χ2v) is 6.21. The summed E-state index contributed by atoms with van der Waals surface area (Å²) in [4.78, 5) is 2.52. The van der Waals surface area contributed by atoms with E-state index < -0.39 is 0 Å². The maximum atomic E-state index is 5.38. The highest BCUT2D eigenvalue weighted by molar-refractivity contribution is 4.83. The van der Waals surface area contributed by atoms with Gasteiger partial charge < -0.3 is 10.1 Å². The molecule has 1 heterocycles. The predicted molar refractivity (Wildman–Crippen MR) is 75.8 cm³/mol. The first-order chi connectivity index (χ1) is 8.77. The summed E-state index contributed by atoms with van der Waals surface area (Å²) in [6.45, 7) is 11.1. The average molecular weight is 254 g/mol. The summed E-state index contributed by atoms with van der Waals surface area (Å²) in [7, 11) is 0. The predicted octanol–water partition coefficient (Wildman–Crippen LogP) is 2.12. The molecule has 0 radical (unpaired) electrons. The van der Waals surface area contributed by atoms with Crippen molar-refractivity contribution >= 4 is 0 Å². The zero-order valence-electron chi connectivity index (χ0n) is 12.2. The first-order valence-corrected chi connectivity index (χ1v) is 7.81. The molecule has 2 atom stereocenters. The molecule has 18 heavy (non-hydrogen) atoms. The van der Waals surface area contributed by atoms with Crippen molar-refractivity contribution < 1.29 is 4.74 Å². The first-order valence-electron chi connectivity index (χ1n) is 7.81. The van der Waals surface area contributed by atoms with E-state index in [-0.39, 0.29) is 0 Å². The Morgan fingerprint density at radius 3 is 2.61 bits per heavy atom. The molecule has 2 fully saturated rings. The van der Waals surface area contributed by atoms with E-state index in [0.29, 0.717) is 0 Å². The Morgan fingerprint density at radius 1 is 1.17 bits per heavy atom. The number of hydrogen-bond donors (Lipinski definition) is 1. The third-order valence-electron chi connectivity index (χ3n) is 4.61. The molecule has 0 bridgehead atoms. The number of nitrogens with one attached hydrogen (secondary N) is 1. The van der Waals surface area contributed by atoms with Gasteiger partial charge in [0.05, 0.1) is 13.2 Å². The second kappa shape index (κ2) is 7.46. The summed E-state index contributed by atoms with van der Waals surface area (Å²) in [5.41, 5.74) is 0. The minimum Gasteiger partial charge on any atom is -0.379 e. The summed E-state index contributed by atoms with van der Waals surface area (Å²) in [5, 5.41) is 3.82. The molecule has 2 aliphatic rings. The van der Waals surface area contributed by atoms with E-state index in [4.69, 9.17) is 4.74 Å². The van der Waals surface area contributed by atoms with Crippen LogP contribution in [-0.4, -0.2) is 50.3 Å². The largest absolute Gasteiger partial charge is 0.379 e. The van der Waals surface area contributed by atoms with E-state index in [1.807, 2.05) is 0 Å². The lowest BCUT2D eigenvalue weighted by molar-refractivity contribution is 0.0374.